The van der Waals surface area contributed by atoms with Crippen LogP contribution in [0.3, 0.4) is 0 Å². The van der Waals surface area contributed by atoms with E-state index in [1.54, 1.807) is 10.4 Å². The average Bonchev–Trinajstić information content (AvgIpc) is 3.03. The van der Waals surface area contributed by atoms with E-state index in [4.69, 9.17) is 0 Å². The summed E-state index contributed by atoms with van der Waals surface area (Å²) in [5, 5.41) is 5.89. The molecule has 1 unspecified atom stereocenters. The van der Waals surface area contributed by atoms with Crippen LogP contribution in [0, 0.1) is 0 Å². The summed E-state index contributed by atoms with van der Waals surface area (Å²) < 4.78 is 0. The lowest BCUT2D eigenvalue weighted by molar-refractivity contribution is 0.246. The van der Waals surface area contributed by atoms with Crippen molar-refractivity contribution in [2.45, 2.75) is 25.4 Å². The monoisotopic (exact) mass is 270 g/mol. The third-order valence-corrected chi connectivity index (χ3v) is 5.23. The molecule has 0 radical (unpaired) electrons. The number of benzene rings is 1. The highest BCUT2D eigenvalue weighted by atomic mass is 32.1. The minimum absolute atomic E-state index is 0.581. The number of anilines is 1. The standard InChI is InChI=1S/C16H18N2S/c1-2-4-15-12(3-1)9-14(17-15)11-18-7-5-16-13(10-18)6-8-19-16/h1-4,6,8,14,17H,5,7,9-11H2. The number of thiophene rings is 1. The van der Waals surface area contributed by atoms with Crippen LogP contribution in [0.4, 0.5) is 5.69 Å². The first-order valence-corrected chi connectivity index (χ1v) is 7.88. The van der Waals surface area contributed by atoms with Gasteiger partial charge in [-0.1, -0.05) is 18.2 Å². The van der Waals surface area contributed by atoms with Crippen LogP contribution in [0.1, 0.15) is 16.0 Å². The molecule has 0 saturated heterocycles. The summed E-state index contributed by atoms with van der Waals surface area (Å²) in [5.41, 5.74) is 4.35. The molecule has 3 heterocycles. The highest BCUT2D eigenvalue weighted by Crippen LogP contribution is 2.28. The zero-order valence-corrected chi connectivity index (χ0v) is 11.7. The Kier molecular flexibility index (Phi) is 2.82. The molecular formula is C16H18N2S. The molecule has 19 heavy (non-hydrogen) atoms. The lowest BCUT2D eigenvalue weighted by Crippen LogP contribution is -2.38. The van der Waals surface area contributed by atoms with Gasteiger partial charge in [-0.3, -0.25) is 4.90 Å². The largest absolute Gasteiger partial charge is 0.380 e. The number of nitrogens with zero attached hydrogens (tertiary/aromatic N) is 1. The van der Waals surface area contributed by atoms with Crippen molar-refractivity contribution in [2.75, 3.05) is 18.4 Å². The van der Waals surface area contributed by atoms with Gasteiger partial charge in [0, 0.05) is 36.2 Å². The summed E-state index contributed by atoms with van der Waals surface area (Å²) in [6, 6.07) is 11.6. The minimum atomic E-state index is 0.581. The van der Waals surface area contributed by atoms with Crippen LogP contribution in [-0.2, 0) is 19.4 Å². The first kappa shape index (κ1) is 11.5. The molecule has 1 atom stereocenters. The maximum absolute atomic E-state index is 3.66. The molecule has 2 aromatic rings. The van der Waals surface area contributed by atoms with Gasteiger partial charge in [0.25, 0.3) is 0 Å². The molecule has 0 saturated carbocycles. The van der Waals surface area contributed by atoms with E-state index in [0.717, 1.165) is 13.1 Å². The van der Waals surface area contributed by atoms with Crippen LogP contribution in [0.25, 0.3) is 0 Å². The summed E-state index contributed by atoms with van der Waals surface area (Å²) in [6.45, 7) is 3.50. The molecule has 2 aliphatic rings. The number of hydrogen-bond acceptors (Lipinski definition) is 3. The van der Waals surface area contributed by atoms with Gasteiger partial charge in [-0.25, -0.2) is 0 Å². The summed E-state index contributed by atoms with van der Waals surface area (Å²) in [7, 11) is 0. The number of fused-ring (bicyclic) bond motifs is 2. The maximum Gasteiger partial charge on any atom is 0.0429 e. The number of para-hydroxylation sites is 1. The molecule has 0 fully saturated rings. The number of hydrogen-bond donors (Lipinski definition) is 1. The molecular weight excluding hydrogens is 252 g/mol. The van der Waals surface area contributed by atoms with Crippen molar-refractivity contribution in [3.8, 4) is 0 Å². The first-order valence-electron chi connectivity index (χ1n) is 7.00. The van der Waals surface area contributed by atoms with Crippen molar-refractivity contribution >= 4 is 17.0 Å². The second kappa shape index (κ2) is 4.66. The molecule has 1 N–H and O–H groups in total. The lowest BCUT2D eigenvalue weighted by atomic mass is 10.1. The molecule has 3 heteroatoms. The molecule has 2 nitrogen and oxygen atoms in total. The predicted molar refractivity (Wildman–Crippen MR) is 80.9 cm³/mol. The zero-order chi connectivity index (χ0) is 12.7. The second-order valence-corrected chi connectivity index (χ2v) is 6.56. The van der Waals surface area contributed by atoms with Gasteiger partial charge < -0.3 is 5.32 Å². The molecule has 0 amide bonds. The Morgan fingerprint density at radius 3 is 3.11 bits per heavy atom. The molecule has 2 aliphatic heterocycles. The van der Waals surface area contributed by atoms with E-state index in [2.05, 4.69) is 45.9 Å². The highest BCUT2D eigenvalue weighted by Gasteiger charge is 2.24. The average molecular weight is 270 g/mol. The quantitative estimate of drug-likeness (QED) is 0.902. The van der Waals surface area contributed by atoms with Crippen molar-refractivity contribution in [3.63, 3.8) is 0 Å². The van der Waals surface area contributed by atoms with Gasteiger partial charge in [0.15, 0.2) is 0 Å². The molecule has 1 aromatic carbocycles. The van der Waals surface area contributed by atoms with E-state index in [0.29, 0.717) is 6.04 Å². The van der Waals surface area contributed by atoms with Gasteiger partial charge in [-0.15, -0.1) is 11.3 Å². The fourth-order valence-corrected chi connectivity index (χ4v) is 4.15. The van der Waals surface area contributed by atoms with Crippen molar-refractivity contribution in [2.24, 2.45) is 0 Å². The van der Waals surface area contributed by atoms with Gasteiger partial charge in [0.2, 0.25) is 0 Å². The van der Waals surface area contributed by atoms with Crippen LogP contribution in [0.2, 0.25) is 0 Å². The van der Waals surface area contributed by atoms with Crippen LogP contribution >= 0.6 is 11.3 Å². The van der Waals surface area contributed by atoms with Crippen molar-refractivity contribution in [1.82, 2.24) is 4.90 Å². The SMILES string of the molecule is c1ccc2c(c1)CC(CN1CCc3sccc3C1)N2. The topological polar surface area (TPSA) is 15.3 Å². The molecule has 0 aliphatic carbocycles. The summed E-state index contributed by atoms with van der Waals surface area (Å²) in [4.78, 5) is 4.19. The Hall–Kier alpha value is -1.32. The van der Waals surface area contributed by atoms with Crippen LogP contribution in [0.5, 0.6) is 0 Å². The van der Waals surface area contributed by atoms with Crippen LogP contribution in [0.15, 0.2) is 35.7 Å². The predicted octanol–water partition coefficient (Wildman–Crippen LogP) is 3.14. The van der Waals surface area contributed by atoms with Crippen molar-refractivity contribution < 1.29 is 0 Å². The second-order valence-electron chi connectivity index (χ2n) is 5.56. The van der Waals surface area contributed by atoms with Crippen LogP contribution in [-0.4, -0.2) is 24.0 Å². The molecule has 0 bridgehead atoms. The fraction of sp³-hybridized carbons (Fsp3) is 0.375. The summed E-state index contributed by atoms with van der Waals surface area (Å²) >= 11 is 1.92. The first-order chi connectivity index (χ1) is 9.38. The van der Waals surface area contributed by atoms with E-state index in [1.807, 2.05) is 11.3 Å². The maximum atomic E-state index is 3.66. The Balaban J connectivity index is 1.42. The lowest BCUT2D eigenvalue weighted by Gasteiger charge is -2.29. The summed E-state index contributed by atoms with van der Waals surface area (Å²) in [6.07, 6.45) is 2.40. The Labute approximate surface area is 118 Å². The van der Waals surface area contributed by atoms with E-state index in [1.165, 1.54) is 30.6 Å². The number of nitrogens with one attached hydrogen (secondary N) is 1. The number of rotatable bonds is 2. The van der Waals surface area contributed by atoms with Gasteiger partial charge >= 0.3 is 0 Å². The van der Waals surface area contributed by atoms with Crippen LogP contribution < -0.4 is 5.32 Å². The van der Waals surface area contributed by atoms with E-state index >= 15 is 0 Å². The molecule has 98 valence electrons. The Bertz CT molecular complexity index is 565. The van der Waals surface area contributed by atoms with Gasteiger partial charge in [0.1, 0.15) is 0 Å². The van der Waals surface area contributed by atoms with Gasteiger partial charge in [-0.2, -0.15) is 0 Å². The van der Waals surface area contributed by atoms with Crippen molar-refractivity contribution in [1.29, 1.82) is 0 Å². The van der Waals surface area contributed by atoms with E-state index in [-0.39, 0.29) is 0 Å². The van der Waals surface area contributed by atoms with E-state index in [9.17, 15) is 0 Å². The Morgan fingerprint density at radius 1 is 1.21 bits per heavy atom. The molecule has 4 rings (SSSR count). The molecule has 1 aromatic heterocycles. The highest BCUT2D eigenvalue weighted by molar-refractivity contribution is 7.10. The van der Waals surface area contributed by atoms with Crippen molar-refractivity contribution in [3.05, 3.63) is 51.7 Å². The Morgan fingerprint density at radius 2 is 2.16 bits per heavy atom. The summed E-state index contributed by atoms with van der Waals surface area (Å²) in [5.74, 6) is 0. The smallest absolute Gasteiger partial charge is 0.0429 e. The zero-order valence-electron chi connectivity index (χ0n) is 10.9. The third-order valence-electron chi connectivity index (χ3n) is 4.21. The molecule has 0 spiro atoms. The fourth-order valence-electron chi connectivity index (χ4n) is 3.26. The minimum Gasteiger partial charge on any atom is -0.380 e. The normalized spacial score (nSPS) is 21.8. The van der Waals surface area contributed by atoms with Gasteiger partial charge in [-0.05, 0) is 41.5 Å². The van der Waals surface area contributed by atoms with E-state index < -0.39 is 0 Å². The van der Waals surface area contributed by atoms with Gasteiger partial charge in [0.05, 0.1) is 0 Å². The third kappa shape index (κ3) is 2.17.